The van der Waals surface area contributed by atoms with E-state index in [1.54, 1.807) is 18.2 Å². The molecular formula is C24H30FN5O4. The molecule has 2 heterocycles. The number of aromatic nitrogens is 1. The minimum absolute atomic E-state index is 0.140. The van der Waals surface area contributed by atoms with Gasteiger partial charge in [-0.25, -0.2) is 4.39 Å². The van der Waals surface area contributed by atoms with Gasteiger partial charge in [0.2, 0.25) is 11.8 Å². The number of hydrogen-bond donors (Lipinski definition) is 4. The highest BCUT2D eigenvalue weighted by Crippen LogP contribution is 2.30. The normalized spacial score (nSPS) is 17.5. The maximum absolute atomic E-state index is 15.1. The van der Waals surface area contributed by atoms with Gasteiger partial charge in [0.1, 0.15) is 23.5 Å². The predicted octanol–water partition coefficient (Wildman–Crippen LogP) is 2.38. The van der Waals surface area contributed by atoms with Crippen molar-refractivity contribution in [2.75, 3.05) is 13.7 Å². The lowest BCUT2D eigenvalue weighted by Crippen LogP contribution is -2.51. The molecule has 3 atom stereocenters. The lowest BCUT2D eigenvalue weighted by Gasteiger charge is -2.27. The van der Waals surface area contributed by atoms with E-state index in [9.17, 15) is 19.6 Å². The van der Waals surface area contributed by atoms with E-state index in [4.69, 9.17) is 4.74 Å². The van der Waals surface area contributed by atoms with Gasteiger partial charge in [-0.05, 0) is 36.8 Å². The molecule has 34 heavy (non-hydrogen) atoms. The fourth-order valence-corrected chi connectivity index (χ4v) is 4.13. The molecule has 2 unspecified atom stereocenters. The number of halogens is 1. The molecule has 0 bridgehead atoms. The summed E-state index contributed by atoms with van der Waals surface area (Å²) in [5.74, 6) is -2.34. The third-order valence-electron chi connectivity index (χ3n) is 5.77. The van der Waals surface area contributed by atoms with Crippen LogP contribution in [0.5, 0.6) is 5.75 Å². The number of aromatic amines is 1. The number of methoxy groups -OCH3 is 1. The van der Waals surface area contributed by atoms with E-state index in [0.29, 0.717) is 18.5 Å². The fourth-order valence-electron chi connectivity index (χ4n) is 4.13. The number of amides is 3. The molecule has 10 heteroatoms. The molecule has 9 nitrogen and oxygen atoms in total. The van der Waals surface area contributed by atoms with Gasteiger partial charge < -0.3 is 25.7 Å². The van der Waals surface area contributed by atoms with Gasteiger partial charge in [-0.1, -0.05) is 26.8 Å². The molecule has 1 saturated heterocycles. The lowest BCUT2D eigenvalue weighted by molar-refractivity contribution is -0.125. The number of rotatable bonds is 8. The number of H-pyrrole nitrogens is 1. The second kappa shape index (κ2) is 10.1. The third kappa shape index (κ3) is 5.65. The van der Waals surface area contributed by atoms with Crippen molar-refractivity contribution in [1.82, 2.24) is 20.9 Å². The first-order valence-electron chi connectivity index (χ1n) is 11.2. The van der Waals surface area contributed by atoms with E-state index in [0.717, 1.165) is 0 Å². The Kier molecular flexibility index (Phi) is 7.44. The Balaban J connectivity index is 1.79. The summed E-state index contributed by atoms with van der Waals surface area (Å²) in [5.41, 5.74) is -0.283. The Morgan fingerprint density at radius 2 is 2.06 bits per heavy atom. The number of benzene rings is 1. The number of carbonyl (C=O) groups excluding carboxylic acids is 3. The summed E-state index contributed by atoms with van der Waals surface area (Å²) in [5, 5.41) is 17.6. The number of carbonyl (C=O) groups is 3. The summed E-state index contributed by atoms with van der Waals surface area (Å²) < 4.78 is 20.3. The number of ether oxygens (including phenoxy) is 1. The quantitative estimate of drug-likeness (QED) is 0.469. The van der Waals surface area contributed by atoms with Crippen LogP contribution in [0.25, 0.3) is 10.9 Å². The van der Waals surface area contributed by atoms with Crippen LogP contribution < -0.4 is 20.7 Å². The number of nitriles is 1. The van der Waals surface area contributed by atoms with Gasteiger partial charge in [0.25, 0.3) is 5.91 Å². The van der Waals surface area contributed by atoms with Crippen molar-refractivity contribution in [2.45, 2.75) is 52.1 Å². The summed E-state index contributed by atoms with van der Waals surface area (Å²) >= 11 is 0. The van der Waals surface area contributed by atoms with Crippen molar-refractivity contribution in [3.05, 3.63) is 29.7 Å². The van der Waals surface area contributed by atoms with Crippen molar-refractivity contribution < 1.29 is 23.5 Å². The molecule has 3 amide bonds. The van der Waals surface area contributed by atoms with Gasteiger partial charge in [0.15, 0.2) is 5.82 Å². The van der Waals surface area contributed by atoms with Crippen molar-refractivity contribution in [2.24, 2.45) is 11.3 Å². The molecule has 1 fully saturated rings. The zero-order chi connectivity index (χ0) is 25.0. The van der Waals surface area contributed by atoms with Crippen molar-refractivity contribution >= 4 is 28.6 Å². The van der Waals surface area contributed by atoms with E-state index in [1.807, 2.05) is 26.8 Å². The number of hydrogen-bond acceptors (Lipinski definition) is 5. The van der Waals surface area contributed by atoms with E-state index in [2.05, 4.69) is 20.9 Å². The zero-order valence-corrected chi connectivity index (χ0v) is 19.8. The van der Waals surface area contributed by atoms with Crippen LogP contribution in [-0.4, -0.2) is 48.4 Å². The molecule has 0 radical (unpaired) electrons. The minimum atomic E-state index is -1.02. The molecule has 1 aliphatic heterocycles. The third-order valence-corrected chi connectivity index (χ3v) is 5.77. The highest BCUT2D eigenvalue weighted by atomic mass is 19.1. The Morgan fingerprint density at radius 3 is 2.65 bits per heavy atom. The van der Waals surface area contributed by atoms with Crippen molar-refractivity contribution in [3.63, 3.8) is 0 Å². The minimum Gasteiger partial charge on any atom is -0.496 e. The predicted molar refractivity (Wildman–Crippen MR) is 123 cm³/mol. The second-order valence-electron chi connectivity index (χ2n) is 9.69. The Labute approximate surface area is 197 Å². The Hall–Kier alpha value is -3.61. The molecule has 0 aliphatic carbocycles. The lowest BCUT2D eigenvalue weighted by atomic mass is 9.87. The first-order valence-corrected chi connectivity index (χ1v) is 11.2. The summed E-state index contributed by atoms with van der Waals surface area (Å²) in [7, 11) is 1.41. The van der Waals surface area contributed by atoms with E-state index in [1.165, 1.54) is 7.11 Å². The van der Waals surface area contributed by atoms with Crippen LogP contribution >= 0.6 is 0 Å². The van der Waals surface area contributed by atoms with Gasteiger partial charge in [-0.3, -0.25) is 14.4 Å². The Morgan fingerprint density at radius 1 is 1.32 bits per heavy atom. The standard InChI is InChI=1S/C24H30FN5O4/c1-24(2,3)11-16(22(32)28-14(12-26)10-13-8-9-27-21(13)31)30-23(33)20-19(25)18-15(29-20)6-5-7-17(18)34-4/h5-7,13-14,16,29H,8-11H2,1-4H3,(H,27,31)(H,28,32)(H,30,33)/t13-,14?,16?/m0/s1. The molecule has 2 aromatic rings. The number of nitrogens with zero attached hydrogens (tertiary/aromatic N) is 1. The van der Waals surface area contributed by atoms with Crippen LogP contribution in [0, 0.1) is 28.5 Å². The molecule has 1 aromatic carbocycles. The molecule has 182 valence electrons. The summed E-state index contributed by atoms with van der Waals surface area (Å²) in [6.07, 6.45) is 1.02. The van der Waals surface area contributed by atoms with Gasteiger partial charge >= 0.3 is 0 Å². The van der Waals surface area contributed by atoms with Crippen LogP contribution in [0.2, 0.25) is 0 Å². The number of nitrogens with one attached hydrogen (secondary N) is 4. The molecular weight excluding hydrogens is 441 g/mol. The number of fused-ring (bicyclic) bond motifs is 1. The van der Waals surface area contributed by atoms with Crippen LogP contribution in [0.4, 0.5) is 4.39 Å². The van der Waals surface area contributed by atoms with Gasteiger partial charge in [0, 0.05) is 12.5 Å². The SMILES string of the molecule is COc1cccc2[nH]c(C(=O)NC(CC(C)(C)C)C(=O)NC(C#N)C[C@@H]3CCNC3=O)c(F)c12. The molecule has 0 saturated carbocycles. The van der Waals surface area contributed by atoms with E-state index >= 15 is 4.39 Å². The molecule has 0 spiro atoms. The highest BCUT2D eigenvalue weighted by molar-refractivity contribution is 6.02. The summed E-state index contributed by atoms with van der Waals surface area (Å²) in [4.78, 5) is 40.7. The average Bonchev–Trinajstić information content (AvgIpc) is 3.34. The van der Waals surface area contributed by atoms with Gasteiger partial charge in [-0.15, -0.1) is 0 Å². The fraction of sp³-hybridized carbons (Fsp3) is 0.500. The van der Waals surface area contributed by atoms with Crippen molar-refractivity contribution in [3.8, 4) is 11.8 Å². The van der Waals surface area contributed by atoms with Crippen LogP contribution in [-0.2, 0) is 9.59 Å². The smallest absolute Gasteiger partial charge is 0.271 e. The van der Waals surface area contributed by atoms with Gasteiger partial charge in [0.05, 0.1) is 24.1 Å². The summed E-state index contributed by atoms with van der Waals surface area (Å²) in [6, 6.07) is 4.98. The first-order chi connectivity index (χ1) is 16.0. The topological polar surface area (TPSA) is 136 Å². The Bertz CT molecular complexity index is 1130. The average molecular weight is 472 g/mol. The largest absolute Gasteiger partial charge is 0.496 e. The molecule has 4 N–H and O–H groups in total. The van der Waals surface area contributed by atoms with Crippen LogP contribution in [0.1, 0.15) is 50.5 Å². The first kappa shape index (κ1) is 25.0. The monoisotopic (exact) mass is 471 g/mol. The molecule has 1 aromatic heterocycles. The highest BCUT2D eigenvalue weighted by Gasteiger charge is 2.32. The van der Waals surface area contributed by atoms with Crippen LogP contribution in [0.15, 0.2) is 18.2 Å². The zero-order valence-electron chi connectivity index (χ0n) is 19.8. The van der Waals surface area contributed by atoms with Crippen molar-refractivity contribution in [1.29, 1.82) is 5.26 Å². The second-order valence-corrected chi connectivity index (χ2v) is 9.69. The maximum atomic E-state index is 15.1. The van der Waals surface area contributed by atoms with E-state index in [-0.39, 0.29) is 46.9 Å². The van der Waals surface area contributed by atoms with Crippen LogP contribution in [0.3, 0.4) is 0 Å². The van der Waals surface area contributed by atoms with Gasteiger partial charge in [-0.2, -0.15) is 5.26 Å². The summed E-state index contributed by atoms with van der Waals surface area (Å²) in [6.45, 7) is 6.24. The molecule has 3 rings (SSSR count). The molecule has 1 aliphatic rings. The van der Waals surface area contributed by atoms with E-state index < -0.39 is 29.7 Å². The maximum Gasteiger partial charge on any atom is 0.271 e.